The molecule has 6 heteroatoms. The third kappa shape index (κ3) is 5.70. The van der Waals surface area contributed by atoms with Crippen LogP contribution in [-0.2, 0) is 11.3 Å². The van der Waals surface area contributed by atoms with Gasteiger partial charge in [0.2, 0.25) is 5.91 Å². The van der Waals surface area contributed by atoms with Crippen molar-refractivity contribution in [1.82, 2.24) is 9.80 Å². The molecule has 0 unspecified atom stereocenters. The summed E-state index contributed by atoms with van der Waals surface area (Å²) in [6.45, 7) is 5.86. The first-order chi connectivity index (χ1) is 13.0. The van der Waals surface area contributed by atoms with E-state index in [0.29, 0.717) is 17.8 Å². The molecule has 0 saturated carbocycles. The summed E-state index contributed by atoms with van der Waals surface area (Å²) in [6, 6.07) is 13.6. The lowest BCUT2D eigenvalue weighted by molar-refractivity contribution is -0.117. The van der Waals surface area contributed by atoms with Crippen LogP contribution in [0.4, 0.5) is 10.1 Å². The maximum atomic E-state index is 13.3. The number of nitrogens with zero attached hydrogens (tertiary/aromatic N) is 2. The second kappa shape index (κ2) is 8.88. The summed E-state index contributed by atoms with van der Waals surface area (Å²) < 4.78 is 13.3. The number of piperazine rings is 1. The number of carbonyl (C=O) groups excluding carboxylic acids is 2. The van der Waals surface area contributed by atoms with Crippen LogP contribution in [0.15, 0.2) is 48.5 Å². The molecule has 2 aromatic rings. The summed E-state index contributed by atoms with van der Waals surface area (Å²) in [6.07, 6.45) is 0. The molecule has 5 nitrogen and oxygen atoms in total. The second-order valence-electron chi connectivity index (χ2n) is 6.86. The fourth-order valence-corrected chi connectivity index (χ4v) is 3.19. The predicted molar refractivity (Wildman–Crippen MR) is 103 cm³/mol. The minimum Gasteiger partial charge on any atom is -0.325 e. The van der Waals surface area contributed by atoms with Crippen LogP contribution in [0.1, 0.15) is 22.8 Å². The van der Waals surface area contributed by atoms with Gasteiger partial charge in [0.05, 0.1) is 6.54 Å². The third-order valence-corrected chi connectivity index (χ3v) is 4.70. The van der Waals surface area contributed by atoms with Gasteiger partial charge >= 0.3 is 0 Å². The number of carbonyl (C=O) groups is 2. The molecule has 3 rings (SSSR count). The summed E-state index contributed by atoms with van der Waals surface area (Å²) in [7, 11) is 0. The molecule has 1 aliphatic rings. The fraction of sp³-hybridized carbons (Fsp3) is 0.333. The molecule has 1 saturated heterocycles. The zero-order valence-corrected chi connectivity index (χ0v) is 15.5. The first kappa shape index (κ1) is 19.2. The van der Waals surface area contributed by atoms with Crippen LogP contribution in [0.2, 0.25) is 0 Å². The summed E-state index contributed by atoms with van der Waals surface area (Å²) in [4.78, 5) is 27.9. The molecule has 1 aliphatic heterocycles. The van der Waals surface area contributed by atoms with Gasteiger partial charge in [0.15, 0.2) is 5.78 Å². The van der Waals surface area contributed by atoms with E-state index < -0.39 is 0 Å². The molecule has 1 amide bonds. The number of nitrogens with one attached hydrogen (secondary N) is 1. The smallest absolute Gasteiger partial charge is 0.238 e. The minimum atomic E-state index is -0.209. The lowest BCUT2D eigenvalue weighted by Crippen LogP contribution is -2.48. The Kier molecular flexibility index (Phi) is 6.32. The third-order valence-electron chi connectivity index (χ3n) is 4.70. The van der Waals surface area contributed by atoms with E-state index in [1.54, 1.807) is 36.4 Å². The van der Waals surface area contributed by atoms with Crippen molar-refractivity contribution in [1.29, 1.82) is 0 Å². The van der Waals surface area contributed by atoms with E-state index in [-0.39, 0.29) is 17.5 Å². The molecule has 1 heterocycles. The van der Waals surface area contributed by atoms with Gasteiger partial charge in [0, 0.05) is 44.0 Å². The van der Waals surface area contributed by atoms with Crippen molar-refractivity contribution in [3.63, 3.8) is 0 Å². The summed E-state index contributed by atoms with van der Waals surface area (Å²) in [5.74, 6) is -0.271. The zero-order valence-electron chi connectivity index (χ0n) is 15.5. The first-order valence-corrected chi connectivity index (χ1v) is 9.09. The van der Waals surface area contributed by atoms with Crippen molar-refractivity contribution in [3.8, 4) is 0 Å². The van der Waals surface area contributed by atoms with Gasteiger partial charge in [-0.3, -0.25) is 19.4 Å². The van der Waals surface area contributed by atoms with Gasteiger partial charge in [0.1, 0.15) is 5.82 Å². The average Bonchev–Trinajstić information content (AvgIpc) is 2.64. The van der Waals surface area contributed by atoms with Gasteiger partial charge in [-0.15, -0.1) is 0 Å². The monoisotopic (exact) mass is 369 g/mol. The summed E-state index contributed by atoms with van der Waals surface area (Å²) in [5, 5.41) is 2.87. The molecule has 0 spiro atoms. The highest BCUT2D eigenvalue weighted by atomic mass is 19.1. The number of ketones is 1. The van der Waals surface area contributed by atoms with Crippen molar-refractivity contribution in [2.75, 3.05) is 38.0 Å². The molecule has 142 valence electrons. The Hall–Kier alpha value is -2.57. The SMILES string of the molecule is CC(=O)c1ccc(NC(=O)CN2CCN(Cc3cccc(F)c3)CC2)cc1. The van der Waals surface area contributed by atoms with Crippen LogP contribution in [0.5, 0.6) is 0 Å². The highest BCUT2D eigenvalue weighted by Gasteiger charge is 2.19. The number of benzene rings is 2. The Morgan fingerprint density at radius 3 is 2.30 bits per heavy atom. The van der Waals surface area contributed by atoms with Crippen molar-refractivity contribution in [3.05, 3.63) is 65.5 Å². The molecule has 27 heavy (non-hydrogen) atoms. The van der Waals surface area contributed by atoms with Crippen LogP contribution in [0.25, 0.3) is 0 Å². The Bertz CT molecular complexity index is 799. The van der Waals surface area contributed by atoms with Gasteiger partial charge in [-0.2, -0.15) is 0 Å². The molecular weight excluding hydrogens is 345 g/mol. The number of rotatable bonds is 6. The van der Waals surface area contributed by atoms with E-state index in [4.69, 9.17) is 0 Å². The first-order valence-electron chi connectivity index (χ1n) is 9.09. The molecule has 0 aromatic heterocycles. The molecular formula is C21H24FN3O2. The van der Waals surface area contributed by atoms with Crippen LogP contribution in [0, 0.1) is 5.82 Å². The predicted octanol–water partition coefficient (Wildman–Crippen LogP) is 2.78. The number of hydrogen-bond acceptors (Lipinski definition) is 4. The van der Waals surface area contributed by atoms with E-state index in [0.717, 1.165) is 38.3 Å². The number of hydrogen-bond donors (Lipinski definition) is 1. The Balaban J connectivity index is 1.43. The number of anilines is 1. The number of Topliss-reactive ketones (excluding diaryl/α,β-unsaturated/α-hetero) is 1. The van der Waals surface area contributed by atoms with E-state index in [1.165, 1.54) is 13.0 Å². The average molecular weight is 369 g/mol. The zero-order chi connectivity index (χ0) is 19.2. The molecule has 2 aromatic carbocycles. The maximum Gasteiger partial charge on any atom is 0.238 e. The van der Waals surface area contributed by atoms with E-state index in [9.17, 15) is 14.0 Å². The van der Waals surface area contributed by atoms with Crippen LogP contribution >= 0.6 is 0 Å². The van der Waals surface area contributed by atoms with E-state index >= 15 is 0 Å². The van der Waals surface area contributed by atoms with E-state index in [1.807, 2.05) is 6.07 Å². The minimum absolute atomic E-state index is 0.00369. The van der Waals surface area contributed by atoms with Gasteiger partial charge in [-0.25, -0.2) is 4.39 Å². The molecule has 1 N–H and O–H groups in total. The second-order valence-corrected chi connectivity index (χ2v) is 6.86. The molecule has 0 bridgehead atoms. The largest absolute Gasteiger partial charge is 0.325 e. The topological polar surface area (TPSA) is 52.7 Å². The van der Waals surface area contributed by atoms with Crippen LogP contribution in [0.3, 0.4) is 0 Å². The van der Waals surface area contributed by atoms with Gasteiger partial charge in [-0.1, -0.05) is 12.1 Å². The van der Waals surface area contributed by atoms with Gasteiger partial charge < -0.3 is 5.32 Å². The summed E-state index contributed by atoms with van der Waals surface area (Å²) in [5.41, 5.74) is 2.28. The van der Waals surface area contributed by atoms with E-state index in [2.05, 4.69) is 15.1 Å². The lowest BCUT2D eigenvalue weighted by Gasteiger charge is -2.34. The highest BCUT2D eigenvalue weighted by Crippen LogP contribution is 2.12. The van der Waals surface area contributed by atoms with Gasteiger partial charge in [0.25, 0.3) is 0 Å². The van der Waals surface area contributed by atoms with Crippen molar-refractivity contribution in [2.45, 2.75) is 13.5 Å². The van der Waals surface area contributed by atoms with Crippen LogP contribution in [-0.4, -0.2) is 54.2 Å². The highest BCUT2D eigenvalue weighted by molar-refractivity contribution is 5.96. The Morgan fingerprint density at radius 2 is 1.67 bits per heavy atom. The van der Waals surface area contributed by atoms with Crippen LogP contribution < -0.4 is 5.32 Å². The summed E-state index contributed by atoms with van der Waals surface area (Å²) >= 11 is 0. The molecule has 1 fully saturated rings. The fourth-order valence-electron chi connectivity index (χ4n) is 3.19. The Morgan fingerprint density at radius 1 is 1.00 bits per heavy atom. The normalized spacial score (nSPS) is 15.5. The molecule has 0 radical (unpaired) electrons. The quantitative estimate of drug-likeness (QED) is 0.796. The Labute approximate surface area is 158 Å². The maximum absolute atomic E-state index is 13.3. The van der Waals surface area contributed by atoms with Gasteiger partial charge in [-0.05, 0) is 48.9 Å². The molecule has 0 atom stereocenters. The number of amides is 1. The van der Waals surface area contributed by atoms with Crippen molar-refractivity contribution >= 4 is 17.4 Å². The lowest BCUT2D eigenvalue weighted by atomic mass is 10.1. The van der Waals surface area contributed by atoms with Crippen molar-refractivity contribution in [2.24, 2.45) is 0 Å². The standard InChI is InChI=1S/C21H24FN3O2/c1-16(26)18-5-7-20(8-6-18)23-21(27)15-25-11-9-24(10-12-25)14-17-3-2-4-19(22)13-17/h2-8,13H,9-12,14-15H2,1H3,(H,23,27). The molecule has 0 aliphatic carbocycles. The van der Waals surface area contributed by atoms with Crippen molar-refractivity contribution < 1.29 is 14.0 Å². The number of halogens is 1.